The SMILES string of the molecule is COc1c(N)cc(S(=O)(=O)NC(CO)C(C)C)cc1F. The molecule has 0 aliphatic carbocycles. The third-order valence-electron chi connectivity index (χ3n) is 2.87. The summed E-state index contributed by atoms with van der Waals surface area (Å²) >= 11 is 0. The molecule has 0 aliphatic heterocycles. The van der Waals surface area contributed by atoms with E-state index in [9.17, 15) is 12.8 Å². The number of aliphatic hydroxyl groups is 1. The molecule has 1 aromatic carbocycles. The van der Waals surface area contributed by atoms with Gasteiger partial charge in [0.2, 0.25) is 10.0 Å². The van der Waals surface area contributed by atoms with Crippen LogP contribution in [0.1, 0.15) is 13.8 Å². The Morgan fingerprint density at radius 3 is 2.45 bits per heavy atom. The molecule has 20 heavy (non-hydrogen) atoms. The number of nitrogens with one attached hydrogen (secondary N) is 1. The summed E-state index contributed by atoms with van der Waals surface area (Å²) in [5, 5.41) is 9.15. The molecule has 0 amide bonds. The summed E-state index contributed by atoms with van der Waals surface area (Å²) in [6.07, 6.45) is 0. The molecule has 1 rings (SSSR count). The van der Waals surface area contributed by atoms with E-state index in [0.29, 0.717) is 0 Å². The van der Waals surface area contributed by atoms with Crippen LogP contribution < -0.4 is 15.2 Å². The van der Waals surface area contributed by atoms with Crippen molar-refractivity contribution in [2.45, 2.75) is 24.8 Å². The Bertz CT molecular complexity index is 552. The van der Waals surface area contributed by atoms with Crippen LogP contribution in [0.5, 0.6) is 5.75 Å². The fourth-order valence-electron chi connectivity index (χ4n) is 1.61. The standard InChI is InChI=1S/C12H19FN2O4S/c1-7(2)11(6-16)15-20(17,18)8-4-9(13)12(19-3)10(14)5-8/h4-5,7,11,15-16H,6,14H2,1-3H3. The van der Waals surface area contributed by atoms with Gasteiger partial charge >= 0.3 is 0 Å². The summed E-state index contributed by atoms with van der Waals surface area (Å²) in [7, 11) is -2.73. The molecule has 0 aliphatic rings. The largest absolute Gasteiger partial charge is 0.492 e. The first-order valence-electron chi connectivity index (χ1n) is 5.99. The van der Waals surface area contributed by atoms with Gasteiger partial charge in [0.05, 0.1) is 24.3 Å². The van der Waals surface area contributed by atoms with E-state index in [1.807, 2.05) is 0 Å². The van der Waals surface area contributed by atoms with Crippen LogP contribution >= 0.6 is 0 Å². The molecular weight excluding hydrogens is 287 g/mol. The maximum absolute atomic E-state index is 13.7. The van der Waals surface area contributed by atoms with Crippen molar-refractivity contribution in [2.24, 2.45) is 5.92 Å². The second-order valence-corrected chi connectivity index (χ2v) is 6.40. The second-order valence-electron chi connectivity index (χ2n) is 4.68. The van der Waals surface area contributed by atoms with Gasteiger partial charge in [-0.05, 0) is 18.1 Å². The van der Waals surface area contributed by atoms with Crippen LogP contribution in [0, 0.1) is 11.7 Å². The lowest BCUT2D eigenvalue weighted by Gasteiger charge is -2.20. The van der Waals surface area contributed by atoms with Gasteiger partial charge in [-0.15, -0.1) is 0 Å². The highest BCUT2D eigenvalue weighted by Gasteiger charge is 2.24. The third-order valence-corrected chi connectivity index (χ3v) is 4.34. The van der Waals surface area contributed by atoms with E-state index in [-0.39, 0.29) is 28.9 Å². The van der Waals surface area contributed by atoms with Crippen LogP contribution in [0.4, 0.5) is 10.1 Å². The Morgan fingerprint density at radius 1 is 1.45 bits per heavy atom. The zero-order chi connectivity index (χ0) is 15.5. The van der Waals surface area contributed by atoms with Crippen molar-refractivity contribution in [3.8, 4) is 5.75 Å². The van der Waals surface area contributed by atoms with Crippen LogP contribution in [0.3, 0.4) is 0 Å². The number of sulfonamides is 1. The van der Waals surface area contributed by atoms with Crippen LogP contribution in [0.25, 0.3) is 0 Å². The molecule has 1 aromatic rings. The smallest absolute Gasteiger partial charge is 0.241 e. The van der Waals surface area contributed by atoms with Crippen molar-refractivity contribution in [1.82, 2.24) is 4.72 Å². The van der Waals surface area contributed by atoms with Crippen LogP contribution in [0.15, 0.2) is 17.0 Å². The Labute approximate surface area is 117 Å². The van der Waals surface area contributed by atoms with Gasteiger partial charge in [-0.3, -0.25) is 0 Å². The molecule has 0 spiro atoms. The number of halogens is 1. The van der Waals surface area contributed by atoms with Crippen molar-refractivity contribution in [3.63, 3.8) is 0 Å². The number of benzene rings is 1. The minimum absolute atomic E-state index is 0.113. The molecule has 6 nitrogen and oxygen atoms in total. The summed E-state index contributed by atoms with van der Waals surface area (Å²) in [4.78, 5) is -0.313. The van der Waals surface area contributed by atoms with E-state index in [4.69, 9.17) is 15.6 Å². The van der Waals surface area contributed by atoms with Gasteiger partial charge in [-0.2, -0.15) is 0 Å². The third kappa shape index (κ3) is 3.59. The molecular formula is C12H19FN2O4S. The number of hydrogen-bond acceptors (Lipinski definition) is 5. The van der Waals surface area contributed by atoms with Gasteiger partial charge in [0.15, 0.2) is 11.6 Å². The van der Waals surface area contributed by atoms with Crippen molar-refractivity contribution in [3.05, 3.63) is 17.9 Å². The van der Waals surface area contributed by atoms with Crippen molar-refractivity contribution in [2.75, 3.05) is 19.5 Å². The Hall–Kier alpha value is -1.38. The Morgan fingerprint density at radius 2 is 2.05 bits per heavy atom. The molecule has 1 atom stereocenters. The van der Waals surface area contributed by atoms with E-state index in [1.54, 1.807) is 13.8 Å². The molecule has 0 fully saturated rings. The number of rotatable bonds is 6. The van der Waals surface area contributed by atoms with Crippen molar-refractivity contribution in [1.29, 1.82) is 0 Å². The normalized spacial score (nSPS) is 13.5. The van der Waals surface area contributed by atoms with E-state index in [1.165, 1.54) is 7.11 Å². The lowest BCUT2D eigenvalue weighted by atomic mass is 10.1. The van der Waals surface area contributed by atoms with Crippen LogP contribution in [-0.2, 0) is 10.0 Å². The van der Waals surface area contributed by atoms with Gasteiger partial charge in [0.1, 0.15) is 0 Å². The monoisotopic (exact) mass is 306 g/mol. The van der Waals surface area contributed by atoms with Gasteiger partial charge in [-0.1, -0.05) is 13.8 Å². The van der Waals surface area contributed by atoms with E-state index in [2.05, 4.69) is 4.72 Å². The molecule has 0 saturated carbocycles. The second kappa shape index (κ2) is 6.38. The topological polar surface area (TPSA) is 102 Å². The van der Waals surface area contributed by atoms with Crippen LogP contribution in [0.2, 0.25) is 0 Å². The Balaban J connectivity index is 3.16. The predicted molar refractivity (Wildman–Crippen MR) is 73.4 cm³/mol. The van der Waals surface area contributed by atoms with Crippen molar-refractivity contribution < 1.29 is 22.7 Å². The molecule has 8 heteroatoms. The molecule has 0 saturated heterocycles. The summed E-state index contributed by atoms with van der Waals surface area (Å²) in [6.45, 7) is 3.16. The van der Waals surface area contributed by atoms with Crippen LogP contribution in [-0.4, -0.2) is 33.3 Å². The zero-order valence-corrected chi connectivity index (χ0v) is 12.4. The van der Waals surface area contributed by atoms with E-state index in [0.717, 1.165) is 12.1 Å². The molecule has 0 aromatic heterocycles. The first-order valence-corrected chi connectivity index (χ1v) is 7.47. The number of nitrogens with two attached hydrogens (primary N) is 1. The summed E-state index contributed by atoms with van der Waals surface area (Å²) in [5.41, 5.74) is 5.43. The van der Waals surface area contributed by atoms with Gasteiger partial charge < -0.3 is 15.6 Å². The number of nitrogen functional groups attached to an aromatic ring is 1. The minimum atomic E-state index is -3.97. The fourth-order valence-corrected chi connectivity index (χ4v) is 3.03. The number of anilines is 1. The summed E-state index contributed by atoms with van der Waals surface area (Å²) in [5.74, 6) is -1.18. The van der Waals surface area contributed by atoms with E-state index < -0.39 is 21.9 Å². The highest BCUT2D eigenvalue weighted by atomic mass is 32.2. The van der Waals surface area contributed by atoms with Gasteiger partial charge in [0.25, 0.3) is 0 Å². The van der Waals surface area contributed by atoms with E-state index >= 15 is 0 Å². The lowest BCUT2D eigenvalue weighted by molar-refractivity contribution is 0.227. The molecule has 0 heterocycles. The highest BCUT2D eigenvalue weighted by molar-refractivity contribution is 7.89. The number of ether oxygens (including phenoxy) is 1. The first-order chi connectivity index (χ1) is 9.22. The minimum Gasteiger partial charge on any atom is -0.492 e. The number of aliphatic hydroxyl groups excluding tert-OH is 1. The van der Waals surface area contributed by atoms with Crippen molar-refractivity contribution >= 4 is 15.7 Å². The fraction of sp³-hybridized carbons (Fsp3) is 0.500. The Kier molecular flexibility index (Phi) is 5.32. The zero-order valence-electron chi connectivity index (χ0n) is 11.6. The maximum Gasteiger partial charge on any atom is 0.241 e. The molecule has 0 radical (unpaired) electrons. The van der Waals surface area contributed by atoms with Gasteiger partial charge in [0, 0.05) is 6.04 Å². The van der Waals surface area contributed by atoms with Gasteiger partial charge in [-0.25, -0.2) is 17.5 Å². The number of methoxy groups -OCH3 is 1. The summed E-state index contributed by atoms with van der Waals surface area (Å²) < 4.78 is 45.0. The predicted octanol–water partition coefficient (Wildman–Crippen LogP) is 0.712. The first kappa shape index (κ1) is 16.7. The summed E-state index contributed by atoms with van der Waals surface area (Å²) in [6, 6.07) is 1.28. The molecule has 4 N–H and O–H groups in total. The molecule has 114 valence electrons. The molecule has 0 bridgehead atoms. The quantitative estimate of drug-likeness (QED) is 0.672. The average molecular weight is 306 g/mol. The average Bonchev–Trinajstić information content (AvgIpc) is 2.35. The maximum atomic E-state index is 13.7. The number of hydrogen-bond donors (Lipinski definition) is 3. The highest BCUT2D eigenvalue weighted by Crippen LogP contribution is 2.28. The molecule has 1 unspecified atom stereocenters. The lowest BCUT2D eigenvalue weighted by Crippen LogP contribution is -2.41.